The third kappa shape index (κ3) is 1.57. The molecule has 0 saturated heterocycles. The molecule has 66 valence electrons. The van der Waals surface area contributed by atoms with Gasteiger partial charge in [-0.1, -0.05) is 0 Å². The lowest BCUT2D eigenvalue weighted by Crippen LogP contribution is -2.00. The first kappa shape index (κ1) is 7.94. The summed E-state index contributed by atoms with van der Waals surface area (Å²) >= 11 is 0. The van der Waals surface area contributed by atoms with Gasteiger partial charge in [-0.25, -0.2) is 9.97 Å². The van der Waals surface area contributed by atoms with Crippen molar-refractivity contribution in [2.24, 2.45) is 0 Å². The van der Waals surface area contributed by atoms with Crippen LogP contribution in [0.1, 0.15) is 17.6 Å². The summed E-state index contributed by atoms with van der Waals surface area (Å²) in [5.41, 5.74) is 0.532. The summed E-state index contributed by atoms with van der Waals surface area (Å²) in [7, 11) is 0. The van der Waals surface area contributed by atoms with E-state index in [1.807, 2.05) is 0 Å². The minimum absolute atomic E-state index is 0.485. The Balaban J connectivity index is 2.29. The lowest BCUT2D eigenvalue weighted by molar-refractivity contribution is 0.184. The number of aromatic nitrogens is 2. The van der Waals surface area contributed by atoms with E-state index in [-0.39, 0.29) is 0 Å². The molecule has 4 nitrogen and oxygen atoms in total. The van der Waals surface area contributed by atoms with Gasteiger partial charge in [0.1, 0.15) is 12.1 Å². The van der Waals surface area contributed by atoms with Crippen molar-refractivity contribution >= 4 is 0 Å². The molecule has 0 aliphatic carbocycles. The second-order valence-corrected chi connectivity index (χ2v) is 2.55. The van der Waals surface area contributed by atoms with E-state index in [9.17, 15) is 5.11 Å². The van der Waals surface area contributed by atoms with Crippen LogP contribution < -0.4 is 0 Å². The highest BCUT2D eigenvalue weighted by Crippen LogP contribution is 2.19. The standard InChI is InChI=1S/C9H8N2O2/c12-9(8-2-1-5-13-8)7-3-4-10-6-11-7/h1-6,9,12H. The molecule has 2 aromatic rings. The monoisotopic (exact) mass is 176 g/mol. The SMILES string of the molecule is OC(c1ccncn1)c1ccco1. The molecule has 0 bridgehead atoms. The smallest absolute Gasteiger partial charge is 0.153 e. The number of hydrogen-bond donors (Lipinski definition) is 1. The van der Waals surface area contributed by atoms with Crippen molar-refractivity contribution in [2.45, 2.75) is 6.10 Å². The van der Waals surface area contributed by atoms with Crippen LogP contribution in [0.4, 0.5) is 0 Å². The number of nitrogens with zero attached hydrogens (tertiary/aromatic N) is 2. The largest absolute Gasteiger partial charge is 0.466 e. The lowest BCUT2D eigenvalue weighted by Gasteiger charge is -2.04. The van der Waals surface area contributed by atoms with Gasteiger partial charge in [0.15, 0.2) is 6.10 Å². The predicted octanol–water partition coefficient (Wildman–Crippen LogP) is 1.15. The van der Waals surface area contributed by atoms with Gasteiger partial charge in [-0.2, -0.15) is 0 Å². The first-order valence-electron chi connectivity index (χ1n) is 3.85. The summed E-state index contributed by atoms with van der Waals surface area (Å²) in [5, 5.41) is 9.70. The van der Waals surface area contributed by atoms with Gasteiger partial charge in [0, 0.05) is 6.20 Å². The van der Waals surface area contributed by atoms with Gasteiger partial charge < -0.3 is 9.52 Å². The fraction of sp³-hybridized carbons (Fsp3) is 0.111. The zero-order chi connectivity index (χ0) is 9.10. The van der Waals surface area contributed by atoms with Crippen LogP contribution in [0.3, 0.4) is 0 Å². The topological polar surface area (TPSA) is 59.2 Å². The predicted molar refractivity (Wildman–Crippen MR) is 44.8 cm³/mol. The minimum Gasteiger partial charge on any atom is -0.466 e. The van der Waals surface area contributed by atoms with Crippen molar-refractivity contribution in [3.05, 3.63) is 48.4 Å². The third-order valence-corrected chi connectivity index (χ3v) is 1.70. The molecule has 1 unspecified atom stereocenters. The highest BCUT2D eigenvalue weighted by Gasteiger charge is 2.13. The van der Waals surface area contributed by atoms with Gasteiger partial charge in [0.05, 0.1) is 12.0 Å². The molecule has 0 aliphatic heterocycles. The molecule has 1 N–H and O–H groups in total. The van der Waals surface area contributed by atoms with Gasteiger partial charge in [-0.05, 0) is 18.2 Å². The van der Waals surface area contributed by atoms with E-state index in [0.717, 1.165) is 0 Å². The zero-order valence-corrected chi connectivity index (χ0v) is 6.79. The van der Waals surface area contributed by atoms with Crippen molar-refractivity contribution in [2.75, 3.05) is 0 Å². The highest BCUT2D eigenvalue weighted by molar-refractivity contribution is 5.15. The summed E-state index contributed by atoms with van der Waals surface area (Å²) in [4.78, 5) is 7.67. The van der Waals surface area contributed by atoms with E-state index in [4.69, 9.17) is 4.42 Å². The third-order valence-electron chi connectivity index (χ3n) is 1.70. The van der Waals surface area contributed by atoms with Crippen LogP contribution in [-0.4, -0.2) is 15.1 Å². The van der Waals surface area contributed by atoms with Crippen molar-refractivity contribution in [1.29, 1.82) is 0 Å². The van der Waals surface area contributed by atoms with Crippen molar-refractivity contribution in [3.63, 3.8) is 0 Å². The van der Waals surface area contributed by atoms with Crippen molar-refractivity contribution in [3.8, 4) is 0 Å². The molecule has 0 radical (unpaired) electrons. The molecule has 0 fully saturated rings. The minimum atomic E-state index is -0.807. The maximum absolute atomic E-state index is 9.70. The van der Waals surface area contributed by atoms with Gasteiger partial charge in [0.2, 0.25) is 0 Å². The number of rotatable bonds is 2. The van der Waals surface area contributed by atoms with Gasteiger partial charge >= 0.3 is 0 Å². The Morgan fingerprint density at radius 2 is 2.31 bits per heavy atom. The molecule has 0 amide bonds. The molecule has 1 atom stereocenters. The van der Waals surface area contributed by atoms with Crippen LogP contribution in [0, 0.1) is 0 Å². The fourth-order valence-corrected chi connectivity index (χ4v) is 1.06. The molecule has 2 aromatic heterocycles. The molecular formula is C9H8N2O2. The van der Waals surface area contributed by atoms with E-state index in [2.05, 4.69) is 9.97 Å². The molecule has 0 aromatic carbocycles. The van der Waals surface area contributed by atoms with Crippen LogP contribution in [0.25, 0.3) is 0 Å². The number of furan rings is 1. The van der Waals surface area contributed by atoms with Crippen LogP contribution in [0.5, 0.6) is 0 Å². The summed E-state index contributed by atoms with van der Waals surface area (Å²) < 4.78 is 5.04. The van der Waals surface area contributed by atoms with E-state index in [1.165, 1.54) is 12.6 Å². The molecule has 4 heteroatoms. The summed E-state index contributed by atoms with van der Waals surface area (Å²) in [6.45, 7) is 0. The van der Waals surface area contributed by atoms with Crippen LogP contribution in [0.2, 0.25) is 0 Å². The summed E-state index contributed by atoms with van der Waals surface area (Å²) in [6, 6.07) is 5.07. The van der Waals surface area contributed by atoms with E-state index < -0.39 is 6.10 Å². The lowest BCUT2D eigenvalue weighted by atomic mass is 10.2. The Hall–Kier alpha value is -1.68. The highest BCUT2D eigenvalue weighted by atomic mass is 16.4. The van der Waals surface area contributed by atoms with Crippen molar-refractivity contribution < 1.29 is 9.52 Å². The maximum atomic E-state index is 9.70. The second-order valence-electron chi connectivity index (χ2n) is 2.55. The number of aliphatic hydroxyl groups is 1. The first-order valence-corrected chi connectivity index (χ1v) is 3.85. The molecule has 13 heavy (non-hydrogen) atoms. The van der Waals surface area contributed by atoms with Crippen LogP contribution in [-0.2, 0) is 0 Å². The van der Waals surface area contributed by atoms with Gasteiger partial charge in [-0.3, -0.25) is 0 Å². The Kier molecular flexibility index (Phi) is 2.06. The summed E-state index contributed by atoms with van der Waals surface area (Å²) in [6.07, 6.45) is 3.67. The second kappa shape index (κ2) is 3.37. The Labute approximate surface area is 74.9 Å². The maximum Gasteiger partial charge on any atom is 0.153 e. The zero-order valence-electron chi connectivity index (χ0n) is 6.79. The first-order chi connectivity index (χ1) is 6.38. The Bertz CT molecular complexity index is 358. The average molecular weight is 176 g/mol. The molecule has 2 rings (SSSR count). The van der Waals surface area contributed by atoms with Gasteiger partial charge in [-0.15, -0.1) is 0 Å². The van der Waals surface area contributed by atoms with Gasteiger partial charge in [0.25, 0.3) is 0 Å². The Morgan fingerprint density at radius 1 is 1.38 bits per heavy atom. The van der Waals surface area contributed by atoms with Crippen LogP contribution >= 0.6 is 0 Å². The van der Waals surface area contributed by atoms with Crippen molar-refractivity contribution in [1.82, 2.24) is 9.97 Å². The Morgan fingerprint density at radius 3 is 2.92 bits per heavy atom. The molecule has 0 saturated carbocycles. The number of aliphatic hydroxyl groups excluding tert-OH is 1. The average Bonchev–Trinajstić information content (AvgIpc) is 2.71. The summed E-state index contributed by atoms with van der Waals surface area (Å²) in [5.74, 6) is 0.485. The fourth-order valence-electron chi connectivity index (χ4n) is 1.06. The van der Waals surface area contributed by atoms with E-state index >= 15 is 0 Å². The molecule has 0 spiro atoms. The normalized spacial score (nSPS) is 12.7. The van der Waals surface area contributed by atoms with E-state index in [1.54, 1.807) is 24.4 Å². The van der Waals surface area contributed by atoms with Crippen LogP contribution in [0.15, 0.2) is 41.4 Å². The molecular weight excluding hydrogens is 168 g/mol. The number of hydrogen-bond acceptors (Lipinski definition) is 4. The van der Waals surface area contributed by atoms with E-state index in [0.29, 0.717) is 11.5 Å². The quantitative estimate of drug-likeness (QED) is 0.745. The molecule has 0 aliphatic rings. The molecule has 2 heterocycles.